The van der Waals surface area contributed by atoms with E-state index in [-0.39, 0.29) is 12.2 Å². The van der Waals surface area contributed by atoms with Crippen molar-refractivity contribution in [1.82, 2.24) is 5.32 Å². The molecule has 0 aliphatic carbocycles. The highest BCUT2D eigenvalue weighted by atomic mass is 31.2. The first kappa shape index (κ1) is 16.1. The number of nitriles is 1. The minimum atomic E-state index is -3.77. The maximum Gasteiger partial charge on any atom is 0.370 e. The Kier molecular flexibility index (Phi) is 5.83. The number of carbonyl (C=O) groups is 1. The van der Waals surface area contributed by atoms with Gasteiger partial charge < -0.3 is 14.4 Å². The first-order valence-corrected chi connectivity index (χ1v) is 6.84. The molecule has 0 fully saturated rings. The van der Waals surface area contributed by atoms with Crippen LogP contribution in [0.1, 0.15) is 34.6 Å². The quantitative estimate of drug-likeness (QED) is 0.560. The highest BCUT2D eigenvalue weighted by Gasteiger charge is 2.49. The van der Waals surface area contributed by atoms with E-state index < -0.39 is 12.9 Å². The van der Waals surface area contributed by atoms with Crippen LogP contribution in [0.2, 0.25) is 0 Å². The molecule has 0 aromatic rings. The monoisotopic (exact) mass is 262 g/mol. The molecule has 1 atom stereocenters. The highest BCUT2D eigenvalue weighted by Crippen LogP contribution is 2.59. The van der Waals surface area contributed by atoms with Gasteiger partial charge in [0.15, 0.2) is 0 Å². The number of rotatable bonds is 7. The van der Waals surface area contributed by atoms with Crippen molar-refractivity contribution in [3.8, 4) is 6.07 Å². The largest absolute Gasteiger partial charge is 0.370 e. The Labute approximate surface area is 102 Å². The lowest BCUT2D eigenvalue weighted by Gasteiger charge is -2.32. The Morgan fingerprint density at radius 3 is 1.94 bits per heavy atom. The molecule has 0 rings (SSSR count). The fourth-order valence-electron chi connectivity index (χ4n) is 1.08. The predicted molar refractivity (Wildman–Crippen MR) is 63.3 cm³/mol. The van der Waals surface area contributed by atoms with Gasteiger partial charge in [-0.1, -0.05) is 0 Å². The van der Waals surface area contributed by atoms with Gasteiger partial charge in [-0.15, -0.1) is 0 Å². The van der Waals surface area contributed by atoms with E-state index in [4.69, 9.17) is 14.3 Å². The van der Waals surface area contributed by atoms with E-state index in [1.807, 2.05) is 0 Å². The third-order valence-corrected chi connectivity index (χ3v) is 4.53. The molecule has 7 heteroatoms. The molecule has 0 bridgehead atoms. The number of amides is 1. The summed E-state index contributed by atoms with van der Waals surface area (Å²) in [4.78, 5) is 10.5. The molecule has 0 heterocycles. The lowest BCUT2D eigenvalue weighted by Crippen LogP contribution is -2.42. The molecule has 0 aromatic carbocycles. The van der Waals surface area contributed by atoms with E-state index in [9.17, 15) is 9.36 Å². The van der Waals surface area contributed by atoms with Crippen molar-refractivity contribution in [2.75, 3.05) is 0 Å². The van der Waals surface area contributed by atoms with Crippen LogP contribution >= 0.6 is 7.60 Å². The molecule has 0 radical (unpaired) electrons. The Morgan fingerprint density at radius 2 is 1.71 bits per heavy atom. The first-order chi connectivity index (χ1) is 7.70. The van der Waals surface area contributed by atoms with Gasteiger partial charge in [0.1, 0.15) is 6.07 Å². The van der Waals surface area contributed by atoms with Crippen molar-refractivity contribution in [2.24, 2.45) is 0 Å². The minimum absolute atomic E-state index is 0.309. The lowest BCUT2D eigenvalue weighted by molar-refractivity contribution is -0.110. The van der Waals surface area contributed by atoms with Crippen LogP contribution in [0.25, 0.3) is 0 Å². The van der Waals surface area contributed by atoms with Crippen molar-refractivity contribution >= 4 is 14.0 Å². The molecule has 1 amide bonds. The van der Waals surface area contributed by atoms with Gasteiger partial charge >= 0.3 is 7.60 Å². The third kappa shape index (κ3) is 4.12. The summed E-state index contributed by atoms with van der Waals surface area (Å²) in [6.07, 6.45) is -0.468. The van der Waals surface area contributed by atoms with Crippen LogP contribution in [-0.2, 0) is 18.4 Å². The molecule has 1 unspecified atom stereocenters. The van der Waals surface area contributed by atoms with Crippen LogP contribution in [0.5, 0.6) is 0 Å². The number of carbonyl (C=O) groups excluding carboxylic acids is 1. The van der Waals surface area contributed by atoms with Gasteiger partial charge in [0.05, 0.1) is 12.2 Å². The van der Waals surface area contributed by atoms with Gasteiger partial charge in [-0.25, -0.2) is 0 Å². The highest BCUT2D eigenvalue weighted by molar-refractivity contribution is 7.56. The lowest BCUT2D eigenvalue weighted by atomic mass is 10.4. The van der Waals surface area contributed by atoms with E-state index in [2.05, 4.69) is 5.32 Å². The summed E-state index contributed by atoms with van der Waals surface area (Å²) in [7, 11) is -3.77. The third-order valence-electron chi connectivity index (χ3n) is 1.80. The molecular weight excluding hydrogens is 243 g/mol. The minimum Gasteiger partial charge on any atom is -0.331 e. The van der Waals surface area contributed by atoms with Crippen LogP contribution in [0.15, 0.2) is 0 Å². The van der Waals surface area contributed by atoms with Gasteiger partial charge in [-0.3, -0.25) is 9.36 Å². The van der Waals surface area contributed by atoms with Crippen molar-refractivity contribution in [3.63, 3.8) is 0 Å². The van der Waals surface area contributed by atoms with Crippen LogP contribution in [-0.4, -0.2) is 23.9 Å². The summed E-state index contributed by atoms with van der Waals surface area (Å²) in [5, 5.41) is 9.59. The van der Waals surface area contributed by atoms with Gasteiger partial charge in [0, 0.05) is 0 Å². The molecule has 0 spiro atoms. The van der Waals surface area contributed by atoms with Crippen LogP contribution in [0, 0.1) is 11.3 Å². The molecule has 0 aromatic heterocycles. The number of hydrogen-bond donors (Lipinski definition) is 1. The van der Waals surface area contributed by atoms with E-state index in [0.717, 1.165) is 0 Å². The molecule has 1 N–H and O–H groups in total. The molecule has 0 saturated carbocycles. The SMILES string of the molecule is CC(C)OP(=O)(OC(C)C)C(C)(C#N)NC=O. The second-order valence-electron chi connectivity index (χ2n) is 4.25. The van der Waals surface area contributed by atoms with Gasteiger partial charge in [-0.05, 0) is 34.6 Å². The number of nitrogens with zero attached hydrogens (tertiary/aromatic N) is 1. The summed E-state index contributed by atoms with van der Waals surface area (Å²) < 4.78 is 23.1. The average molecular weight is 262 g/mol. The van der Waals surface area contributed by atoms with Crippen molar-refractivity contribution in [2.45, 2.75) is 52.1 Å². The summed E-state index contributed by atoms with van der Waals surface area (Å²) in [5.74, 6) is 0. The fraction of sp³-hybridized carbons (Fsp3) is 0.800. The van der Waals surface area contributed by atoms with E-state index in [1.54, 1.807) is 33.8 Å². The van der Waals surface area contributed by atoms with Crippen LogP contribution in [0.3, 0.4) is 0 Å². The second kappa shape index (κ2) is 6.15. The zero-order chi connectivity index (χ0) is 13.7. The molecule has 0 aliphatic heterocycles. The van der Waals surface area contributed by atoms with E-state index in [0.29, 0.717) is 6.41 Å². The Balaban J connectivity index is 5.35. The second-order valence-corrected chi connectivity index (χ2v) is 6.56. The number of hydrogen-bond acceptors (Lipinski definition) is 5. The molecule has 17 heavy (non-hydrogen) atoms. The first-order valence-electron chi connectivity index (χ1n) is 5.30. The maximum absolute atomic E-state index is 12.6. The summed E-state index contributed by atoms with van der Waals surface area (Å²) >= 11 is 0. The summed E-state index contributed by atoms with van der Waals surface area (Å²) in [5.41, 5.74) is 0. The van der Waals surface area contributed by atoms with E-state index >= 15 is 0 Å². The molecule has 0 aliphatic rings. The molecule has 6 nitrogen and oxygen atoms in total. The molecule has 98 valence electrons. The van der Waals surface area contributed by atoms with Gasteiger partial charge in [-0.2, -0.15) is 5.26 Å². The maximum atomic E-state index is 12.6. The Bertz CT molecular complexity index is 337. The number of nitrogens with one attached hydrogen (secondary N) is 1. The zero-order valence-electron chi connectivity index (χ0n) is 10.8. The summed E-state index contributed by atoms with van der Waals surface area (Å²) in [6.45, 7) is 8.01. The van der Waals surface area contributed by atoms with Crippen molar-refractivity contribution in [3.05, 3.63) is 0 Å². The van der Waals surface area contributed by atoms with Crippen molar-refractivity contribution < 1.29 is 18.4 Å². The fourth-order valence-corrected chi connectivity index (χ4v) is 2.99. The Morgan fingerprint density at radius 1 is 1.29 bits per heavy atom. The van der Waals surface area contributed by atoms with Gasteiger partial charge in [0.25, 0.3) is 0 Å². The predicted octanol–water partition coefficient (Wildman–Crippen LogP) is 2.02. The zero-order valence-corrected chi connectivity index (χ0v) is 11.7. The summed E-state index contributed by atoms with van der Waals surface area (Å²) in [6, 6.07) is 1.78. The standard InChI is InChI=1S/C10H19N2O4P/c1-8(2)15-17(14,16-9(3)4)10(5,6-11)12-7-13/h7-9H,1-5H3,(H,12,13). The van der Waals surface area contributed by atoms with Crippen molar-refractivity contribution in [1.29, 1.82) is 5.26 Å². The molecule has 0 saturated heterocycles. The smallest absolute Gasteiger partial charge is 0.331 e. The Hall–Kier alpha value is -0.890. The molecular formula is C10H19N2O4P. The normalized spacial score (nSPS) is 15.4. The average Bonchev–Trinajstić information content (AvgIpc) is 2.15. The van der Waals surface area contributed by atoms with Crippen LogP contribution in [0.4, 0.5) is 0 Å². The topological polar surface area (TPSA) is 88.4 Å². The van der Waals surface area contributed by atoms with E-state index in [1.165, 1.54) is 6.92 Å². The van der Waals surface area contributed by atoms with Gasteiger partial charge in [0.2, 0.25) is 11.7 Å². The van der Waals surface area contributed by atoms with Crippen LogP contribution < -0.4 is 5.32 Å².